The number of carbonyl (C=O) groups excluding carboxylic acids is 1. The van der Waals surface area contributed by atoms with Crippen molar-refractivity contribution in [1.82, 2.24) is 5.32 Å². The molecular weight excluding hydrogens is 305 g/mol. The van der Waals surface area contributed by atoms with E-state index in [0.29, 0.717) is 10.6 Å². The van der Waals surface area contributed by atoms with Crippen LogP contribution in [0.3, 0.4) is 0 Å². The zero-order valence-electron chi connectivity index (χ0n) is 12.1. The largest absolute Gasteiger partial charge is 0.388 e. The fraction of sp³-hybridized carbons (Fsp3) is 0.235. The van der Waals surface area contributed by atoms with Crippen LogP contribution in [0.25, 0.3) is 0 Å². The summed E-state index contributed by atoms with van der Waals surface area (Å²) >= 11 is 5.82. The van der Waals surface area contributed by atoms with Crippen LogP contribution in [-0.4, -0.2) is 11.0 Å². The molecule has 0 aromatic heterocycles. The van der Waals surface area contributed by atoms with Gasteiger partial charge in [0.2, 0.25) is 5.91 Å². The second-order valence-electron chi connectivity index (χ2n) is 5.12. The Bertz CT molecular complexity index is 645. The number of aliphatic hydroxyl groups is 1. The van der Waals surface area contributed by atoms with Crippen molar-refractivity contribution >= 4 is 17.5 Å². The Labute approximate surface area is 133 Å². The minimum atomic E-state index is -1.03. The topological polar surface area (TPSA) is 49.3 Å². The zero-order valence-corrected chi connectivity index (χ0v) is 12.8. The predicted octanol–water partition coefficient (Wildman–Crippen LogP) is 3.78. The summed E-state index contributed by atoms with van der Waals surface area (Å²) in [5.74, 6) is -0.745. The number of halogens is 2. The summed E-state index contributed by atoms with van der Waals surface area (Å²) in [6, 6.07) is 12.6. The number of aliphatic hydroxyl groups excluding tert-OH is 1. The van der Waals surface area contributed by atoms with Crippen molar-refractivity contribution in [2.24, 2.45) is 0 Å². The molecule has 2 N–H and O–H groups in total. The predicted molar refractivity (Wildman–Crippen MR) is 84.0 cm³/mol. The highest BCUT2D eigenvalue weighted by Gasteiger charge is 2.16. The Balaban J connectivity index is 1.93. The van der Waals surface area contributed by atoms with Gasteiger partial charge in [0.15, 0.2) is 0 Å². The van der Waals surface area contributed by atoms with Gasteiger partial charge >= 0.3 is 0 Å². The lowest BCUT2D eigenvalue weighted by Crippen LogP contribution is -2.28. The standard InChI is InChI=1S/C17H17ClFNO2/c1-11(12-5-7-14(18)8-6-12)20-17(22)10-16(21)13-3-2-4-15(19)9-13/h2-9,11,16,21H,10H2,1H3,(H,20,22). The minimum absolute atomic E-state index is 0.124. The average molecular weight is 322 g/mol. The molecule has 0 fully saturated rings. The van der Waals surface area contributed by atoms with E-state index in [1.165, 1.54) is 18.2 Å². The van der Waals surface area contributed by atoms with E-state index in [0.717, 1.165) is 5.56 Å². The molecule has 0 saturated heterocycles. The molecule has 116 valence electrons. The van der Waals surface area contributed by atoms with Crippen LogP contribution in [0.15, 0.2) is 48.5 Å². The third kappa shape index (κ3) is 4.55. The molecule has 2 unspecified atom stereocenters. The molecule has 5 heteroatoms. The maximum absolute atomic E-state index is 13.1. The fourth-order valence-electron chi connectivity index (χ4n) is 2.14. The van der Waals surface area contributed by atoms with Gasteiger partial charge in [0, 0.05) is 5.02 Å². The molecule has 0 aliphatic carbocycles. The first kappa shape index (κ1) is 16.5. The van der Waals surface area contributed by atoms with E-state index < -0.39 is 11.9 Å². The summed E-state index contributed by atoms with van der Waals surface area (Å²) in [4.78, 5) is 12.0. The SMILES string of the molecule is CC(NC(=O)CC(O)c1cccc(F)c1)c1ccc(Cl)cc1. The summed E-state index contributed by atoms with van der Waals surface area (Å²) in [6.45, 7) is 1.84. The Kier molecular flexibility index (Phi) is 5.52. The summed E-state index contributed by atoms with van der Waals surface area (Å²) < 4.78 is 13.1. The molecule has 0 aliphatic rings. The lowest BCUT2D eigenvalue weighted by Gasteiger charge is -2.16. The van der Waals surface area contributed by atoms with Gasteiger partial charge in [-0.05, 0) is 42.3 Å². The van der Waals surface area contributed by atoms with Crippen LogP contribution in [0.2, 0.25) is 5.02 Å². The van der Waals surface area contributed by atoms with Crippen LogP contribution in [0.1, 0.15) is 36.6 Å². The van der Waals surface area contributed by atoms with Gasteiger partial charge in [0.05, 0.1) is 18.6 Å². The van der Waals surface area contributed by atoms with Crippen molar-refractivity contribution in [3.05, 3.63) is 70.5 Å². The number of rotatable bonds is 5. The molecule has 0 bridgehead atoms. The first-order valence-corrected chi connectivity index (χ1v) is 7.32. The number of hydrogen-bond donors (Lipinski definition) is 2. The van der Waals surface area contributed by atoms with Crippen molar-refractivity contribution in [2.75, 3.05) is 0 Å². The van der Waals surface area contributed by atoms with E-state index in [-0.39, 0.29) is 18.4 Å². The van der Waals surface area contributed by atoms with Crippen molar-refractivity contribution in [3.8, 4) is 0 Å². The van der Waals surface area contributed by atoms with Crippen molar-refractivity contribution in [1.29, 1.82) is 0 Å². The van der Waals surface area contributed by atoms with E-state index in [2.05, 4.69) is 5.32 Å². The van der Waals surface area contributed by atoms with Gasteiger partial charge in [-0.1, -0.05) is 35.9 Å². The third-order valence-electron chi connectivity index (χ3n) is 3.36. The van der Waals surface area contributed by atoms with E-state index in [9.17, 15) is 14.3 Å². The maximum atomic E-state index is 13.1. The van der Waals surface area contributed by atoms with E-state index in [4.69, 9.17) is 11.6 Å². The van der Waals surface area contributed by atoms with Gasteiger partial charge in [0.1, 0.15) is 5.82 Å². The third-order valence-corrected chi connectivity index (χ3v) is 3.61. The molecule has 2 aromatic rings. The number of benzene rings is 2. The monoisotopic (exact) mass is 321 g/mol. The van der Waals surface area contributed by atoms with Crippen LogP contribution in [0, 0.1) is 5.82 Å². The summed E-state index contributed by atoms with van der Waals surface area (Å²) in [5.41, 5.74) is 1.30. The Hall–Kier alpha value is -1.91. The molecule has 0 aliphatic heterocycles. The van der Waals surface area contributed by atoms with E-state index in [1.807, 2.05) is 19.1 Å². The lowest BCUT2D eigenvalue weighted by atomic mass is 10.0. The second kappa shape index (κ2) is 7.38. The van der Waals surface area contributed by atoms with Crippen LogP contribution in [-0.2, 0) is 4.79 Å². The molecule has 0 radical (unpaired) electrons. The van der Waals surface area contributed by atoms with Crippen molar-refractivity contribution in [2.45, 2.75) is 25.5 Å². The summed E-state index contributed by atoms with van der Waals surface area (Å²) in [6.07, 6.45) is -1.16. The Morgan fingerprint density at radius 3 is 2.55 bits per heavy atom. The minimum Gasteiger partial charge on any atom is -0.388 e. The number of nitrogens with one attached hydrogen (secondary N) is 1. The van der Waals surface area contributed by atoms with Crippen LogP contribution < -0.4 is 5.32 Å². The first-order chi connectivity index (χ1) is 10.5. The molecule has 2 rings (SSSR count). The van der Waals surface area contributed by atoms with Gasteiger partial charge in [-0.25, -0.2) is 4.39 Å². The van der Waals surface area contributed by atoms with Crippen LogP contribution in [0.4, 0.5) is 4.39 Å². The summed E-state index contributed by atoms with van der Waals surface area (Å²) in [5, 5.41) is 13.4. The maximum Gasteiger partial charge on any atom is 0.223 e. The second-order valence-corrected chi connectivity index (χ2v) is 5.55. The Morgan fingerprint density at radius 2 is 1.91 bits per heavy atom. The van der Waals surface area contributed by atoms with Crippen LogP contribution in [0.5, 0.6) is 0 Å². The molecule has 22 heavy (non-hydrogen) atoms. The molecular formula is C17H17ClFNO2. The van der Waals surface area contributed by atoms with Crippen LogP contribution >= 0.6 is 11.6 Å². The number of hydrogen-bond acceptors (Lipinski definition) is 2. The zero-order chi connectivity index (χ0) is 16.1. The molecule has 0 heterocycles. The van der Waals surface area contributed by atoms with E-state index in [1.54, 1.807) is 18.2 Å². The molecule has 2 aromatic carbocycles. The Morgan fingerprint density at radius 1 is 1.23 bits per heavy atom. The fourth-order valence-corrected chi connectivity index (χ4v) is 2.27. The smallest absolute Gasteiger partial charge is 0.223 e. The normalized spacial score (nSPS) is 13.5. The molecule has 2 atom stereocenters. The van der Waals surface area contributed by atoms with Crippen molar-refractivity contribution in [3.63, 3.8) is 0 Å². The molecule has 0 spiro atoms. The highest BCUT2D eigenvalue weighted by molar-refractivity contribution is 6.30. The highest BCUT2D eigenvalue weighted by Crippen LogP contribution is 2.19. The molecule has 1 amide bonds. The highest BCUT2D eigenvalue weighted by atomic mass is 35.5. The van der Waals surface area contributed by atoms with Gasteiger partial charge in [-0.2, -0.15) is 0 Å². The molecule has 0 saturated carbocycles. The average Bonchev–Trinajstić information content (AvgIpc) is 2.47. The summed E-state index contributed by atoms with van der Waals surface area (Å²) in [7, 11) is 0. The van der Waals surface area contributed by atoms with E-state index >= 15 is 0 Å². The quantitative estimate of drug-likeness (QED) is 0.880. The molecule has 3 nitrogen and oxygen atoms in total. The lowest BCUT2D eigenvalue weighted by molar-refractivity contribution is -0.123. The van der Waals surface area contributed by atoms with Crippen molar-refractivity contribution < 1.29 is 14.3 Å². The number of amides is 1. The number of carbonyl (C=O) groups is 1. The van der Waals surface area contributed by atoms with Gasteiger partial charge in [-0.15, -0.1) is 0 Å². The first-order valence-electron chi connectivity index (χ1n) is 6.94. The van der Waals surface area contributed by atoms with Gasteiger partial charge < -0.3 is 10.4 Å². The van der Waals surface area contributed by atoms with Gasteiger partial charge in [-0.3, -0.25) is 4.79 Å². The van der Waals surface area contributed by atoms with Gasteiger partial charge in [0.25, 0.3) is 0 Å².